The lowest BCUT2D eigenvalue weighted by Gasteiger charge is -2.50. The van der Waals surface area contributed by atoms with Gasteiger partial charge in [0.25, 0.3) is 5.79 Å². The van der Waals surface area contributed by atoms with E-state index in [0.29, 0.717) is 12.8 Å². The second-order valence-electron chi connectivity index (χ2n) is 24.3. The summed E-state index contributed by atoms with van der Waals surface area (Å²) in [6, 6.07) is -2.62. The number of hydrogen-bond acceptors (Lipinski definition) is 20. The Hall–Kier alpha value is -3.05. The van der Waals surface area contributed by atoms with Gasteiger partial charge in [-0.3, -0.25) is 9.59 Å². The van der Waals surface area contributed by atoms with E-state index in [4.69, 9.17) is 28.4 Å². The van der Waals surface area contributed by atoms with Crippen LogP contribution in [-0.4, -0.2) is 215 Å². The summed E-state index contributed by atoms with van der Waals surface area (Å²) in [5.74, 6) is -6.15. The van der Waals surface area contributed by atoms with E-state index in [1.807, 2.05) is 6.08 Å². The van der Waals surface area contributed by atoms with Crippen LogP contribution in [0, 0.1) is 0 Å². The molecule has 18 atom stereocenters. The summed E-state index contributed by atoms with van der Waals surface area (Å²) >= 11 is 0. The number of amides is 2. The predicted molar refractivity (Wildman–Crippen MR) is 329 cm³/mol. The molecule has 3 saturated heterocycles. The largest absolute Gasteiger partial charge is 0.477 e. The molecule has 0 bridgehead atoms. The van der Waals surface area contributed by atoms with Crippen molar-refractivity contribution in [2.45, 2.75) is 330 Å². The molecule has 0 spiro atoms. The summed E-state index contributed by atoms with van der Waals surface area (Å²) in [4.78, 5) is 38.5. The van der Waals surface area contributed by atoms with Crippen molar-refractivity contribution in [3.63, 3.8) is 0 Å². The van der Waals surface area contributed by atoms with E-state index in [-0.39, 0.29) is 12.3 Å². The van der Waals surface area contributed by atoms with Gasteiger partial charge in [0.1, 0.15) is 67.1 Å². The molecule has 0 saturated carbocycles. The lowest BCUT2D eigenvalue weighted by atomic mass is 9.88. The van der Waals surface area contributed by atoms with Gasteiger partial charge in [-0.05, 0) is 44.9 Å². The molecule has 3 aliphatic heterocycles. The molecule has 0 radical (unpaired) electrons. The van der Waals surface area contributed by atoms with E-state index in [9.17, 15) is 75.7 Å². The van der Waals surface area contributed by atoms with Crippen LogP contribution in [0.5, 0.6) is 0 Å². The highest BCUT2D eigenvalue weighted by Gasteiger charge is 2.60. The molecule has 0 aromatic rings. The van der Waals surface area contributed by atoms with E-state index in [0.717, 1.165) is 64.7 Å². The van der Waals surface area contributed by atoms with Crippen LogP contribution in [0.15, 0.2) is 36.5 Å². The summed E-state index contributed by atoms with van der Waals surface area (Å²) in [5.41, 5.74) is 0. The number of carbonyl (C=O) groups excluding carboxylic acids is 2. The van der Waals surface area contributed by atoms with E-state index in [1.54, 1.807) is 6.08 Å². The van der Waals surface area contributed by atoms with Crippen molar-refractivity contribution in [2.75, 3.05) is 26.4 Å². The molecule has 3 rings (SSSR count). The molecule has 3 aliphatic rings. The fourth-order valence-electron chi connectivity index (χ4n) is 11.5. The van der Waals surface area contributed by atoms with E-state index in [2.05, 4.69) is 48.8 Å². The summed E-state index contributed by atoms with van der Waals surface area (Å²) < 4.78 is 34.7. The Morgan fingerprint density at radius 3 is 1.66 bits per heavy atom. The molecule has 23 heteroatoms. The zero-order valence-electron chi connectivity index (χ0n) is 53.1. The van der Waals surface area contributed by atoms with Gasteiger partial charge >= 0.3 is 5.97 Å². The van der Waals surface area contributed by atoms with Gasteiger partial charge < -0.3 is 100 Å². The number of aliphatic hydroxyl groups is 11. The smallest absolute Gasteiger partial charge is 0.364 e. The van der Waals surface area contributed by atoms with Crippen molar-refractivity contribution in [1.29, 1.82) is 0 Å². The van der Waals surface area contributed by atoms with Crippen LogP contribution in [0.4, 0.5) is 0 Å². The Labute approximate surface area is 523 Å². The fourth-order valence-corrected chi connectivity index (χ4v) is 11.5. The zero-order chi connectivity index (χ0) is 64.7. The highest BCUT2D eigenvalue weighted by Crippen LogP contribution is 2.38. The molecule has 0 aromatic carbocycles. The maximum absolute atomic E-state index is 13.4. The van der Waals surface area contributed by atoms with Gasteiger partial charge in [0.05, 0.1) is 50.7 Å². The topological polar surface area (TPSA) is 373 Å². The summed E-state index contributed by atoms with van der Waals surface area (Å²) in [5, 5.41) is 136. The number of unbranched alkanes of at least 4 members (excludes halogenated alkanes) is 25. The van der Waals surface area contributed by atoms with E-state index in [1.165, 1.54) is 116 Å². The fraction of sp³-hybridized carbons (Fsp3) is 0.862. The number of nitrogens with one attached hydrogen (secondary N) is 2. The third-order valence-electron chi connectivity index (χ3n) is 16.8. The first kappa shape index (κ1) is 79.2. The van der Waals surface area contributed by atoms with Gasteiger partial charge in [0.2, 0.25) is 11.8 Å². The number of carboxylic acids is 1. The number of aliphatic hydroxyl groups excluding tert-OH is 11. The maximum Gasteiger partial charge on any atom is 0.364 e. The highest BCUT2D eigenvalue weighted by atomic mass is 16.8. The van der Waals surface area contributed by atoms with Crippen LogP contribution in [0.25, 0.3) is 0 Å². The summed E-state index contributed by atoms with van der Waals surface area (Å²) in [6.45, 7) is 2.01. The quantitative estimate of drug-likeness (QED) is 0.0280. The predicted octanol–water partition coefficient (Wildman–Crippen LogP) is 5.06. The monoisotopic (exact) mass is 1260 g/mol. The minimum atomic E-state index is -3.08. The second kappa shape index (κ2) is 46.1. The maximum atomic E-state index is 13.4. The van der Waals surface area contributed by atoms with Crippen LogP contribution < -0.4 is 10.6 Å². The van der Waals surface area contributed by atoms with Gasteiger partial charge in [0.15, 0.2) is 12.6 Å². The van der Waals surface area contributed by atoms with Crippen LogP contribution in [0.1, 0.15) is 220 Å². The van der Waals surface area contributed by atoms with E-state index >= 15 is 0 Å². The van der Waals surface area contributed by atoms with Crippen molar-refractivity contribution in [3.8, 4) is 0 Å². The number of rotatable bonds is 49. The molecule has 3 fully saturated rings. The van der Waals surface area contributed by atoms with Crippen molar-refractivity contribution < 1.29 is 104 Å². The molecular formula is C65H116N2O21. The SMILES string of the molecule is CC/C=C\C/C=C\CCCCCCCCCCCCCCCCC(=O)NC(COC1OC(CO)C(OC2OC(CO)C(O)C(OC3(C(=O)O)CC(O)C(NC(C)=O)C(C(O)C(O)CO)O3)C2O)C(O)C1O)C(O)/C=C/CCCCCCCCCCCCC. The molecular weight excluding hydrogens is 1140 g/mol. The van der Waals surface area contributed by atoms with Crippen molar-refractivity contribution in [2.24, 2.45) is 0 Å². The zero-order valence-corrected chi connectivity index (χ0v) is 53.1. The number of hydrogen-bond donors (Lipinski definition) is 14. The Morgan fingerprint density at radius 1 is 0.614 bits per heavy atom. The van der Waals surface area contributed by atoms with Gasteiger partial charge in [-0.2, -0.15) is 0 Å². The van der Waals surface area contributed by atoms with Gasteiger partial charge in [-0.25, -0.2) is 4.79 Å². The molecule has 512 valence electrons. The van der Waals surface area contributed by atoms with Crippen molar-refractivity contribution in [1.82, 2.24) is 10.6 Å². The number of carboxylic acid groups (broad SMARTS) is 1. The number of allylic oxidation sites excluding steroid dienone is 5. The third-order valence-corrected chi connectivity index (χ3v) is 16.8. The molecule has 0 aliphatic carbocycles. The highest BCUT2D eigenvalue weighted by molar-refractivity contribution is 5.77. The normalized spacial score (nSPS) is 29.2. The van der Waals surface area contributed by atoms with Gasteiger partial charge in [-0.15, -0.1) is 0 Å². The first-order valence-corrected chi connectivity index (χ1v) is 33.4. The van der Waals surface area contributed by atoms with Crippen LogP contribution in [0.3, 0.4) is 0 Å². The molecule has 18 unspecified atom stereocenters. The average Bonchev–Trinajstić information content (AvgIpc) is 0.825. The molecule has 0 aromatic heterocycles. The molecule has 3 heterocycles. The van der Waals surface area contributed by atoms with E-state index < -0.39 is 155 Å². The standard InChI is InChI=1S/C65H116N2O21/c1-4-6-8-10-12-14-16-18-19-20-21-22-23-24-25-27-29-31-33-35-37-39-52(75)67-46(47(72)38-36-34-32-30-28-26-17-15-13-11-9-7-5-2)44-83-62-57(79)56(78)59(51(43-70)85-62)86-63-58(80)61(55(77)50(42-69)84-63)88-65(64(81)82)40-48(73)53(66-45(3)71)60(87-65)54(76)49(74)41-68/h6,8,12,14,36,38,46-51,53-63,68-70,72-74,76-80H,4-5,7,9-11,13,15-35,37,39-44H2,1-3H3,(H,66,71)(H,67,75)(H,81,82)/b8-6-,14-12-,38-36+. The molecule has 88 heavy (non-hydrogen) atoms. The lowest BCUT2D eigenvalue weighted by molar-refractivity contribution is -0.386. The lowest BCUT2D eigenvalue weighted by Crippen LogP contribution is -2.70. The summed E-state index contributed by atoms with van der Waals surface area (Å²) in [7, 11) is 0. The molecule has 23 nitrogen and oxygen atoms in total. The first-order chi connectivity index (χ1) is 42.4. The number of ether oxygens (including phenoxy) is 6. The second-order valence-corrected chi connectivity index (χ2v) is 24.3. The Kier molecular flexibility index (Phi) is 41.5. The Bertz CT molecular complexity index is 1930. The van der Waals surface area contributed by atoms with Crippen LogP contribution >= 0.6 is 0 Å². The molecule has 2 amide bonds. The Morgan fingerprint density at radius 2 is 1.14 bits per heavy atom. The minimum absolute atomic E-state index is 0.199. The Balaban J connectivity index is 1.60. The molecule has 14 N–H and O–H groups in total. The average molecular weight is 1260 g/mol. The van der Waals surface area contributed by atoms with Crippen LogP contribution in [0.2, 0.25) is 0 Å². The third kappa shape index (κ3) is 28.9. The number of carbonyl (C=O) groups is 3. The van der Waals surface area contributed by atoms with Crippen LogP contribution in [-0.2, 0) is 42.8 Å². The van der Waals surface area contributed by atoms with Gasteiger partial charge in [-0.1, -0.05) is 192 Å². The van der Waals surface area contributed by atoms with Gasteiger partial charge in [0, 0.05) is 19.8 Å². The minimum Gasteiger partial charge on any atom is -0.477 e. The number of aliphatic carboxylic acids is 1. The van der Waals surface area contributed by atoms with Crippen molar-refractivity contribution >= 4 is 17.8 Å². The first-order valence-electron chi connectivity index (χ1n) is 33.4. The summed E-state index contributed by atoms with van der Waals surface area (Å²) in [6.07, 6.45) is 16.3. The van der Waals surface area contributed by atoms with Crippen molar-refractivity contribution in [3.05, 3.63) is 36.5 Å².